The monoisotopic (exact) mass is 341 g/mol. The molecule has 0 radical (unpaired) electrons. The highest BCUT2D eigenvalue weighted by molar-refractivity contribution is 7.91. The van der Waals surface area contributed by atoms with Gasteiger partial charge < -0.3 is 9.64 Å². The van der Waals surface area contributed by atoms with Crippen LogP contribution in [0.1, 0.15) is 30.0 Å². The second-order valence-electron chi connectivity index (χ2n) is 6.69. The SMILES string of the molecule is Cn1ncc2c1CN(C(=O)CS(C)(=O)=O)C[C@H]2COCC1CC1. The molecule has 0 spiro atoms. The molecule has 0 saturated heterocycles. The van der Waals surface area contributed by atoms with Crippen LogP contribution in [-0.2, 0) is 33.0 Å². The molecule has 8 heteroatoms. The van der Waals surface area contributed by atoms with E-state index >= 15 is 0 Å². The normalized spacial score (nSPS) is 21.3. The van der Waals surface area contributed by atoms with Crippen molar-refractivity contribution in [3.63, 3.8) is 0 Å². The number of hydrogen-bond donors (Lipinski definition) is 0. The molecular weight excluding hydrogens is 318 g/mol. The van der Waals surface area contributed by atoms with Crippen molar-refractivity contribution in [3.8, 4) is 0 Å². The maximum Gasteiger partial charge on any atom is 0.238 e. The Hall–Kier alpha value is -1.41. The summed E-state index contributed by atoms with van der Waals surface area (Å²) in [6.07, 6.45) is 5.39. The molecule has 1 aliphatic carbocycles. The Kier molecular flexibility index (Phi) is 4.46. The Morgan fingerprint density at radius 2 is 2.13 bits per heavy atom. The zero-order valence-electron chi connectivity index (χ0n) is 13.6. The van der Waals surface area contributed by atoms with Gasteiger partial charge in [-0.1, -0.05) is 0 Å². The quantitative estimate of drug-likeness (QED) is 0.744. The third-order valence-corrected chi connectivity index (χ3v) is 5.19. The number of aromatic nitrogens is 2. The Balaban J connectivity index is 1.71. The van der Waals surface area contributed by atoms with E-state index < -0.39 is 15.6 Å². The number of amides is 1. The van der Waals surface area contributed by atoms with Crippen LogP contribution in [0.2, 0.25) is 0 Å². The summed E-state index contributed by atoms with van der Waals surface area (Å²) in [4.78, 5) is 13.9. The molecule has 23 heavy (non-hydrogen) atoms. The van der Waals surface area contributed by atoms with E-state index in [1.165, 1.54) is 12.8 Å². The molecule has 1 aromatic rings. The van der Waals surface area contributed by atoms with Crippen molar-refractivity contribution in [1.82, 2.24) is 14.7 Å². The number of carbonyl (C=O) groups is 1. The summed E-state index contributed by atoms with van der Waals surface area (Å²) < 4.78 is 30.3. The topological polar surface area (TPSA) is 81.5 Å². The van der Waals surface area contributed by atoms with Crippen LogP contribution < -0.4 is 0 Å². The second-order valence-corrected chi connectivity index (χ2v) is 8.83. The molecule has 0 bridgehead atoms. The van der Waals surface area contributed by atoms with Crippen molar-refractivity contribution in [3.05, 3.63) is 17.5 Å². The minimum Gasteiger partial charge on any atom is -0.380 e. The Labute approximate surface area is 136 Å². The first-order valence-corrected chi connectivity index (χ1v) is 9.93. The fourth-order valence-corrected chi connectivity index (χ4v) is 3.56. The van der Waals surface area contributed by atoms with Crippen molar-refractivity contribution in [2.45, 2.75) is 25.3 Å². The zero-order chi connectivity index (χ0) is 16.6. The maximum absolute atomic E-state index is 12.3. The molecule has 1 aromatic heterocycles. The van der Waals surface area contributed by atoms with Crippen LogP contribution >= 0.6 is 0 Å². The molecule has 1 amide bonds. The van der Waals surface area contributed by atoms with Crippen LogP contribution in [0.4, 0.5) is 0 Å². The van der Waals surface area contributed by atoms with Crippen LogP contribution in [0.3, 0.4) is 0 Å². The van der Waals surface area contributed by atoms with E-state index in [0.717, 1.165) is 24.1 Å². The molecule has 1 aliphatic heterocycles. The summed E-state index contributed by atoms with van der Waals surface area (Å²) in [5.41, 5.74) is 2.06. The number of aryl methyl sites for hydroxylation is 1. The van der Waals surface area contributed by atoms with Gasteiger partial charge in [0.25, 0.3) is 0 Å². The standard InChI is InChI=1S/C15H23N3O4S/c1-17-14-7-18(15(19)10-23(2,20)21)6-12(13(14)5-16-17)9-22-8-11-3-4-11/h5,11-12H,3-4,6-10H2,1-2H3/t12-/m0/s1. The first-order chi connectivity index (χ1) is 10.8. The van der Waals surface area contributed by atoms with Gasteiger partial charge in [-0.2, -0.15) is 5.10 Å². The lowest BCUT2D eigenvalue weighted by Gasteiger charge is -2.33. The lowest BCUT2D eigenvalue weighted by Crippen LogP contribution is -2.42. The van der Waals surface area contributed by atoms with E-state index in [1.54, 1.807) is 9.58 Å². The third-order valence-electron chi connectivity index (χ3n) is 4.42. The number of ether oxygens (including phenoxy) is 1. The average molecular weight is 341 g/mol. The number of nitrogens with zero attached hydrogens (tertiary/aromatic N) is 3. The Bertz CT molecular complexity index is 694. The van der Waals surface area contributed by atoms with E-state index in [1.807, 2.05) is 13.2 Å². The third kappa shape index (κ3) is 4.11. The highest BCUT2D eigenvalue weighted by Gasteiger charge is 2.32. The van der Waals surface area contributed by atoms with Crippen LogP contribution in [0.15, 0.2) is 6.20 Å². The highest BCUT2D eigenvalue weighted by Crippen LogP contribution is 2.31. The van der Waals surface area contributed by atoms with Crippen molar-refractivity contribution >= 4 is 15.7 Å². The molecule has 2 heterocycles. The summed E-state index contributed by atoms with van der Waals surface area (Å²) in [7, 11) is -1.49. The van der Waals surface area contributed by atoms with Gasteiger partial charge in [0.15, 0.2) is 9.84 Å². The number of hydrogen-bond acceptors (Lipinski definition) is 5. The largest absolute Gasteiger partial charge is 0.380 e. The first kappa shape index (κ1) is 16.4. The van der Waals surface area contributed by atoms with Crippen LogP contribution in [0.25, 0.3) is 0 Å². The zero-order valence-corrected chi connectivity index (χ0v) is 14.4. The van der Waals surface area contributed by atoms with Crippen molar-refractivity contribution in [2.75, 3.05) is 31.8 Å². The summed E-state index contributed by atoms with van der Waals surface area (Å²) >= 11 is 0. The highest BCUT2D eigenvalue weighted by atomic mass is 32.2. The molecule has 0 unspecified atom stereocenters. The molecule has 0 N–H and O–H groups in total. The van der Waals surface area contributed by atoms with Crippen LogP contribution in [0.5, 0.6) is 0 Å². The van der Waals surface area contributed by atoms with Crippen LogP contribution in [-0.4, -0.2) is 60.8 Å². The van der Waals surface area contributed by atoms with Gasteiger partial charge >= 0.3 is 0 Å². The minimum absolute atomic E-state index is 0.0507. The van der Waals surface area contributed by atoms with Crippen LogP contribution in [0, 0.1) is 5.92 Å². The van der Waals surface area contributed by atoms with Gasteiger partial charge in [-0.05, 0) is 18.8 Å². The summed E-state index contributed by atoms with van der Waals surface area (Å²) in [5, 5.41) is 4.28. The van der Waals surface area contributed by atoms with Gasteiger partial charge in [-0.3, -0.25) is 9.48 Å². The van der Waals surface area contributed by atoms with E-state index in [-0.39, 0.29) is 11.8 Å². The summed E-state index contributed by atoms with van der Waals surface area (Å²) in [5.74, 6) is -0.0632. The fraction of sp³-hybridized carbons (Fsp3) is 0.733. The van der Waals surface area contributed by atoms with Crippen molar-refractivity contribution < 1.29 is 17.9 Å². The molecule has 1 fully saturated rings. The number of sulfone groups is 1. The number of rotatable bonds is 6. The van der Waals surface area contributed by atoms with Gasteiger partial charge in [0, 0.05) is 37.9 Å². The predicted octanol–water partition coefficient (Wildman–Crippen LogP) is 0.317. The van der Waals surface area contributed by atoms with Gasteiger partial charge in [-0.25, -0.2) is 8.42 Å². The van der Waals surface area contributed by atoms with Gasteiger partial charge in [0.1, 0.15) is 5.75 Å². The fourth-order valence-electron chi connectivity index (χ4n) is 2.93. The lowest BCUT2D eigenvalue weighted by atomic mass is 9.95. The molecular formula is C15H23N3O4S. The van der Waals surface area contributed by atoms with Gasteiger partial charge in [0.2, 0.25) is 5.91 Å². The van der Waals surface area contributed by atoms with Gasteiger partial charge in [-0.15, -0.1) is 0 Å². The Morgan fingerprint density at radius 1 is 1.39 bits per heavy atom. The Morgan fingerprint density at radius 3 is 2.78 bits per heavy atom. The van der Waals surface area contributed by atoms with E-state index in [2.05, 4.69) is 5.10 Å². The molecule has 2 aliphatic rings. The van der Waals surface area contributed by atoms with E-state index in [0.29, 0.717) is 25.6 Å². The van der Waals surface area contributed by atoms with Crippen molar-refractivity contribution in [1.29, 1.82) is 0 Å². The first-order valence-electron chi connectivity index (χ1n) is 7.87. The van der Waals surface area contributed by atoms with E-state index in [4.69, 9.17) is 4.74 Å². The van der Waals surface area contributed by atoms with Crippen molar-refractivity contribution in [2.24, 2.45) is 13.0 Å². The molecule has 7 nitrogen and oxygen atoms in total. The molecule has 128 valence electrons. The maximum atomic E-state index is 12.3. The summed E-state index contributed by atoms with van der Waals surface area (Å²) in [6, 6.07) is 0. The van der Waals surface area contributed by atoms with E-state index in [9.17, 15) is 13.2 Å². The smallest absolute Gasteiger partial charge is 0.238 e. The summed E-state index contributed by atoms with van der Waals surface area (Å²) in [6.45, 7) is 2.19. The number of carbonyl (C=O) groups excluding carboxylic acids is 1. The average Bonchev–Trinajstić information content (AvgIpc) is 3.20. The van der Waals surface area contributed by atoms with Gasteiger partial charge in [0.05, 0.1) is 25.0 Å². The second kappa shape index (κ2) is 6.24. The minimum atomic E-state index is -3.33. The lowest BCUT2D eigenvalue weighted by molar-refractivity contribution is -0.130. The molecule has 3 rings (SSSR count). The molecule has 0 aromatic carbocycles. The number of fused-ring (bicyclic) bond motifs is 1. The molecule has 1 saturated carbocycles. The molecule has 1 atom stereocenters. The predicted molar refractivity (Wildman–Crippen MR) is 84.6 cm³/mol.